The molecule has 0 bridgehead atoms. The molecule has 3 N–H and O–H groups in total. The van der Waals surface area contributed by atoms with Crippen LogP contribution >= 0.6 is 24.0 Å². The van der Waals surface area contributed by atoms with Crippen molar-refractivity contribution >= 4 is 29.9 Å². The third kappa shape index (κ3) is 4.96. The summed E-state index contributed by atoms with van der Waals surface area (Å²) in [5.74, 6) is -1.65. The Morgan fingerprint density at radius 1 is 1.22 bits per heavy atom. The van der Waals surface area contributed by atoms with E-state index in [1.54, 1.807) is 24.3 Å². The molecule has 1 unspecified atom stereocenters. The fourth-order valence-corrected chi connectivity index (χ4v) is 3.32. The number of rotatable bonds is 5. The summed E-state index contributed by atoms with van der Waals surface area (Å²) in [6.07, 6.45) is 0.356. The second-order valence-corrected chi connectivity index (χ2v) is 6.60. The molecule has 1 aliphatic rings. The molecule has 1 saturated heterocycles. The molecule has 0 saturated carbocycles. The molecule has 2 aromatic rings. The molecule has 3 rings (SSSR count). The van der Waals surface area contributed by atoms with Crippen LogP contribution < -0.4 is 11.1 Å². The summed E-state index contributed by atoms with van der Waals surface area (Å²) in [5, 5.41) is 3.09. The molecular formula is C19H20Cl2F2N2O2. The Hall–Kier alpha value is -1.73. The molecule has 1 amide bonds. The lowest BCUT2D eigenvalue weighted by atomic mass is 9.97. The monoisotopic (exact) mass is 416 g/mol. The molecule has 1 aliphatic heterocycles. The van der Waals surface area contributed by atoms with Gasteiger partial charge in [-0.05, 0) is 42.7 Å². The Morgan fingerprint density at radius 2 is 1.96 bits per heavy atom. The predicted molar refractivity (Wildman–Crippen MR) is 102 cm³/mol. The lowest BCUT2D eigenvalue weighted by molar-refractivity contribution is -0.132. The van der Waals surface area contributed by atoms with Crippen LogP contribution in [0.4, 0.5) is 8.78 Å². The third-order valence-electron chi connectivity index (χ3n) is 4.43. The molecule has 4 nitrogen and oxygen atoms in total. The molecule has 0 spiro atoms. The van der Waals surface area contributed by atoms with Gasteiger partial charge in [-0.25, -0.2) is 8.78 Å². The van der Waals surface area contributed by atoms with Crippen molar-refractivity contribution in [2.75, 3.05) is 6.54 Å². The van der Waals surface area contributed by atoms with E-state index in [0.29, 0.717) is 30.0 Å². The van der Waals surface area contributed by atoms with Gasteiger partial charge in [0, 0.05) is 17.1 Å². The fraction of sp³-hybridized carbons (Fsp3) is 0.316. The lowest BCUT2D eigenvalue weighted by Gasteiger charge is -2.23. The number of amides is 1. The highest BCUT2D eigenvalue weighted by Gasteiger charge is 2.32. The van der Waals surface area contributed by atoms with Gasteiger partial charge in [-0.3, -0.25) is 4.79 Å². The van der Waals surface area contributed by atoms with Crippen molar-refractivity contribution in [1.82, 2.24) is 5.32 Å². The minimum Gasteiger partial charge on any atom is -0.364 e. The average Bonchev–Trinajstić information content (AvgIpc) is 3.12. The van der Waals surface area contributed by atoms with E-state index in [1.807, 2.05) is 0 Å². The van der Waals surface area contributed by atoms with Crippen molar-refractivity contribution in [3.8, 4) is 0 Å². The maximum Gasteiger partial charge on any atom is 0.249 e. The summed E-state index contributed by atoms with van der Waals surface area (Å²) in [4.78, 5) is 12.6. The van der Waals surface area contributed by atoms with Crippen molar-refractivity contribution < 1.29 is 18.3 Å². The number of halogens is 4. The van der Waals surface area contributed by atoms with Gasteiger partial charge in [0.05, 0.1) is 12.1 Å². The smallest absolute Gasteiger partial charge is 0.249 e. The quantitative estimate of drug-likeness (QED) is 0.779. The van der Waals surface area contributed by atoms with Crippen molar-refractivity contribution in [3.63, 3.8) is 0 Å². The van der Waals surface area contributed by atoms with Gasteiger partial charge in [0.15, 0.2) is 0 Å². The van der Waals surface area contributed by atoms with Gasteiger partial charge in [-0.15, -0.1) is 12.4 Å². The Labute approximate surface area is 167 Å². The van der Waals surface area contributed by atoms with Crippen LogP contribution in [0.15, 0.2) is 42.5 Å². The minimum atomic E-state index is -0.938. The molecule has 27 heavy (non-hydrogen) atoms. The first-order chi connectivity index (χ1) is 12.5. The predicted octanol–water partition coefficient (Wildman–Crippen LogP) is 3.75. The zero-order valence-corrected chi connectivity index (χ0v) is 15.9. The fourth-order valence-electron chi connectivity index (χ4n) is 3.08. The van der Waals surface area contributed by atoms with Gasteiger partial charge in [-0.2, -0.15) is 0 Å². The van der Waals surface area contributed by atoms with Crippen LogP contribution in [0.1, 0.15) is 30.0 Å². The topological polar surface area (TPSA) is 64.4 Å². The molecule has 0 radical (unpaired) electrons. The van der Waals surface area contributed by atoms with E-state index >= 15 is 0 Å². The standard InChI is InChI=1S/C19H19ClF2N2O2.ClH/c20-15-4-2-1-3-13(15)18(14-9-11(21)5-7-16(14)22)24-19(25)17-8-6-12(10-23)26-17;/h1-5,7,9,12,17-18H,6,8,10,23H2,(H,24,25);1H/t12-,17+,18?;/m1./s1. The summed E-state index contributed by atoms with van der Waals surface area (Å²) >= 11 is 6.23. The van der Waals surface area contributed by atoms with E-state index < -0.39 is 29.7 Å². The second kappa shape index (κ2) is 9.46. The first-order valence-electron chi connectivity index (χ1n) is 8.35. The van der Waals surface area contributed by atoms with Crippen molar-refractivity contribution in [2.24, 2.45) is 5.73 Å². The van der Waals surface area contributed by atoms with E-state index in [0.717, 1.165) is 18.2 Å². The van der Waals surface area contributed by atoms with Gasteiger partial charge in [0.2, 0.25) is 5.91 Å². The molecule has 8 heteroatoms. The van der Waals surface area contributed by atoms with Crippen LogP contribution in [0.2, 0.25) is 5.02 Å². The lowest BCUT2D eigenvalue weighted by Crippen LogP contribution is -2.38. The number of carbonyl (C=O) groups is 1. The third-order valence-corrected chi connectivity index (χ3v) is 4.78. The summed E-state index contributed by atoms with van der Waals surface area (Å²) < 4.78 is 33.7. The van der Waals surface area contributed by atoms with Crippen molar-refractivity contribution in [3.05, 3.63) is 70.2 Å². The normalized spacial score (nSPS) is 20.0. The Morgan fingerprint density at radius 3 is 2.63 bits per heavy atom. The molecule has 1 heterocycles. The van der Waals surface area contributed by atoms with Gasteiger partial charge in [0.1, 0.15) is 17.7 Å². The van der Waals surface area contributed by atoms with Crippen LogP contribution in [-0.4, -0.2) is 24.7 Å². The first kappa shape index (κ1) is 21.6. The molecule has 2 aromatic carbocycles. The summed E-state index contributed by atoms with van der Waals surface area (Å²) in [6.45, 7) is 0.330. The summed E-state index contributed by atoms with van der Waals surface area (Å²) in [7, 11) is 0. The number of nitrogens with two attached hydrogens (primary N) is 1. The number of hydrogen-bond donors (Lipinski definition) is 2. The van der Waals surface area contributed by atoms with E-state index in [1.165, 1.54) is 0 Å². The maximum absolute atomic E-state index is 14.4. The number of ether oxygens (including phenoxy) is 1. The highest BCUT2D eigenvalue weighted by Crippen LogP contribution is 2.31. The average molecular weight is 417 g/mol. The number of hydrogen-bond acceptors (Lipinski definition) is 3. The van der Waals surface area contributed by atoms with Gasteiger partial charge in [-0.1, -0.05) is 29.8 Å². The highest BCUT2D eigenvalue weighted by molar-refractivity contribution is 6.31. The number of benzene rings is 2. The second-order valence-electron chi connectivity index (χ2n) is 6.19. The SMILES string of the molecule is Cl.NC[C@H]1CC[C@@H](C(=O)NC(c2cc(F)ccc2F)c2ccccc2Cl)O1. The minimum absolute atomic E-state index is 0. The van der Waals surface area contributed by atoms with E-state index in [9.17, 15) is 13.6 Å². The Kier molecular flexibility index (Phi) is 7.56. The van der Waals surface area contributed by atoms with Crippen molar-refractivity contribution in [2.45, 2.75) is 31.1 Å². The van der Waals surface area contributed by atoms with Gasteiger partial charge >= 0.3 is 0 Å². The Bertz CT molecular complexity index is 807. The number of nitrogens with one attached hydrogen (secondary N) is 1. The van der Waals surface area contributed by atoms with Crippen LogP contribution in [-0.2, 0) is 9.53 Å². The van der Waals surface area contributed by atoms with Crippen molar-refractivity contribution in [1.29, 1.82) is 0 Å². The van der Waals surface area contributed by atoms with E-state index in [2.05, 4.69) is 5.32 Å². The zero-order valence-electron chi connectivity index (χ0n) is 14.3. The van der Waals surface area contributed by atoms with Crippen LogP contribution in [0.25, 0.3) is 0 Å². The first-order valence-corrected chi connectivity index (χ1v) is 8.72. The van der Waals surface area contributed by atoms with E-state index in [4.69, 9.17) is 22.1 Å². The van der Waals surface area contributed by atoms with Crippen LogP contribution in [0.3, 0.4) is 0 Å². The molecule has 0 aliphatic carbocycles. The zero-order chi connectivity index (χ0) is 18.7. The van der Waals surface area contributed by atoms with Gasteiger partial charge in [0.25, 0.3) is 0 Å². The highest BCUT2D eigenvalue weighted by atomic mass is 35.5. The van der Waals surface area contributed by atoms with Crippen LogP contribution in [0.5, 0.6) is 0 Å². The summed E-state index contributed by atoms with van der Waals surface area (Å²) in [6, 6.07) is 8.90. The van der Waals surface area contributed by atoms with Gasteiger partial charge < -0.3 is 15.8 Å². The molecule has 1 fully saturated rings. The van der Waals surface area contributed by atoms with Crippen LogP contribution in [0, 0.1) is 11.6 Å². The largest absolute Gasteiger partial charge is 0.364 e. The number of carbonyl (C=O) groups excluding carboxylic acids is 1. The molecule has 146 valence electrons. The Balaban J connectivity index is 0.00000261. The van der Waals surface area contributed by atoms with E-state index in [-0.39, 0.29) is 24.1 Å². The maximum atomic E-state index is 14.4. The molecule has 3 atom stereocenters. The molecular weight excluding hydrogens is 397 g/mol. The summed E-state index contributed by atoms with van der Waals surface area (Å²) in [5.41, 5.74) is 6.04. The molecule has 0 aromatic heterocycles.